The van der Waals surface area contributed by atoms with Crippen molar-refractivity contribution < 1.29 is 14.6 Å². The van der Waals surface area contributed by atoms with Crippen LogP contribution in [0.15, 0.2) is 18.2 Å². The second-order valence-corrected chi connectivity index (χ2v) is 5.50. The summed E-state index contributed by atoms with van der Waals surface area (Å²) in [5, 5.41) is 12.2. The molecule has 2 N–H and O–H groups in total. The molecule has 112 valence electrons. The molecule has 4 heteroatoms. The molecule has 1 aromatic carbocycles. The molecule has 0 bridgehead atoms. The summed E-state index contributed by atoms with van der Waals surface area (Å²) in [7, 11) is 0. The topological polar surface area (TPSA) is 58.6 Å². The Morgan fingerprint density at radius 2 is 2.05 bits per heavy atom. The molecule has 0 saturated heterocycles. The van der Waals surface area contributed by atoms with Gasteiger partial charge in [0.15, 0.2) is 6.10 Å². The zero-order valence-corrected chi connectivity index (χ0v) is 12.8. The quantitative estimate of drug-likeness (QED) is 0.806. The summed E-state index contributed by atoms with van der Waals surface area (Å²) >= 11 is 0. The number of carbonyl (C=O) groups is 1. The molecule has 4 nitrogen and oxygen atoms in total. The lowest BCUT2D eigenvalue weighted by Crippen LogP contribution is -2.37. The molecule has 0 saturated carbocycles. The van der Waals surface area contributed by atoms with Crippen molar-refractivity contribution in [2.45, 2.75) is 46.8 Å². The van der Waals surface area contributed by atoms with E-state index in [1.165, 1.54) is 0 Å². The lowest BCUT2D eigenvalue weighted by Gasteiger charge is -2.17. The molecule has 0 aliphatic heterocycles. The molecule has 0 heterocycles. The van der Waals surface area contributed by atoms with Crippen molar-refractivity contribution in [2.75, 3.05) is 6.54 Å². The molecule has 1 aromatic rings. The smallest absolute Gasteiger partial charge is 0.260 e. The van der Waals surface area contributed by atoms with Crippen molar-refractivity contribution in [1.82, 2.24) is 5.32 Å². The van der Waals surface area contributed by atoms with Crippen molar-refractivity contribution in [1.29, 1.82) is 0 Å². The van der Waals surface area contributed by atoms with Crippen LogP contribution in [0.2, 0.25) is 0 Å². The zero-order chi connectivity index (χ0) is 15.1. The number of aliphatic hydroxyl groups is 1. The first-order valence-electron chi connectivity index (χ1n) is 7.08. The van der Waals surface area contributed by atoms with Crippen LogP contribution in [0.25, 0.3) is 0 Å². The van der Waals surface area contributed by atoms with Crippen LogP contribution in [0.5, 0.6) is 5.75 Å². The van der Waals surface area contributed by atoms with Crippen LogP contribution in [0, 0.1) is 12.8 Å². The van der Waals surface area contributed by atoms with Crippen molar-refractivity contribution in [2.24, 2.45) is 5.92 Å². The van der Waals surface area contributed by atoms with Crippen LogP contribution >= 0.6 is 0 Å². The normalized spacial score (nSPS) is 12.3. The average molecular weight is 279 g/mol. The first-order valence-corrected chi connectivity index (χ1v) is 7.08. The molecule has 0 aliphatic carbocycles. The molecule has 1 amide bonds. The van der Waals surface area contributed by atoms with E-state index in [2.05, 4.69) is 19.2 Å². The van der Waals surface area contributed by atoms with E-state index < -0.39 is 6.10 Å². The van der Waals surface area contributed by atoms with E-state index in [4.69, 9.17) is 4.74 Å². The number of rotatable bonds is 7. The highest BCUT2D eigenvalue weighted by molar-refractivity contribution is 5.80. The highest BCUT2D eigenvalue weighted by Crippen LogP contribution is 2.21. The largest absolute Gasteiger partial charge is 0.481 e. The highest BCUT2D eigenvalue weighted by Gasteiger charge is 2.15. The number of aryl methyl sites for hydroxylation is 1. The first-order chi connectivity index (χ1) is 9.43. The number of amides is 1. The van der Waals surface area contributed by atoms with Crippen molar-refractivity contribution in [3.05, 3.63) is 29.3 Å². The summed E-state index contributed by atoms with van der Waals surface area (Å²) in [6.45, 7) is 8.46. The molecular weight excluding hydrogens is 254 g/mol. The molecule has 0 radical (unpaired) electrons. The third-order valence-electron chi connectivity index (χ3n) is 3.08. The summed E-state index contributed by atoms with van der Waals surface area (Å²) in [6.07, 6.45) is 0.375. The standard InChI is InChI=1S/C16H25NO3/c1-11(2)7-8-17-16(19)13(4)20-15-6-5-12(3)9-14(15)10-18/h5-6,9,11,13,18H,7-8,10H2,1-4H3,(H,17,19). The SMILES string of the molecule is Cc1ccc(OC(C)C(=O)NCCC(C)C)c(CO)c1. The van der Waals surface area contributed by atoms with Gasteiger partial charge in [0.1, 0.15) is 5.75 Å². The molecule has 1 atom stereocenters. The Kier molecular flexibility index (Phi) is 6.52. The molecule has 0 aliphatic rings. The maximum absolute atomic E-state index is 11.9. The van der Waals surface area contributed by atoms with Gasteiger partial charge in [0.2, 0.25) is 0 Å². The minimum Gasteiger partial charge on any atom is -0.481 e. The van der Waals surface area contributed by atoms with Crippen molar-refractivity contribution in [3.63, 3.8) is 0 Å². The Labute approximate surface area is 121 Å². The summed E-state index contributed by atoms with van der Waals surface area (Å²) in [5.74, 6) is 0.990. The van der Waals surface area contributed by atoms with E-state index in [0.29, 0.717) is 23.8 Å². The molecule has 1 rings (SSSR count). The van der Waals surface area contributed by atoms with E-state index in [9.17, 15) is 9.90 Å². The molecular formula is C16H25NO3. The third-order valence-corrected chi connectivity index (χ3v) is 3.08. The van der Waals surface area contributed by atoms with E-state index >= 15 is 0 Å². The Hall–Kier alpha value is -1.55. The van der Waals surface area contributed by atoms with E-state index in [0.717, 1.165) is 12.0 Å². The van der Waals surface area contributed by atoms with Crippen LogP contribution in [0.4, 0.5) is 0 Å². The van der Waals surface area contributed by atoms with Gasteiger partial charge in [-0.1, -0.05) is 31.5 Å². The predicted octanol–water partition coefficient (Wildman–Crippen LogP) is 2.42. The fourth-order valence-corrected chi connectivity index (χ4v) is 1.82. The minimum absolute atomic E-state index is 0.0985. The molecule has 1 unspecified atom stereocenters. The van der Waals surface area contributed by atoms with Gasteiger partial charge in [0.05, 0.1) is 6.61 Å². The number of ether oxygens (including phenoxy) is 1. The van der Waals surface area contributed by atoms with Gasteiger partial charge in [-0.3, -0.25) is 4.79 Å². The van der Waals surface area contributed by atoms with Gasteiger partial charge in [-0.2, -0.15) is 0 Å². The van der Waals surface area contributed by atoms with Gasteiger partial charge >= 0.3 is 0 Å². The second kappa shape index (κ2) is 7.90. The fraction of sp³-hybridized carbons (Fsp3) is 0.562. The van der Waals surface area contributed by atoms with Crippen molar-refractivity contribution in [3.8, 4) is 5.75 Å². The number of aliphatic hydroxyl groups excluding tert-OH is 1. The van der Waals surface area contributed by atoms with E-state index in [-0.39, 0.29) is 12.5 Å². The Morgan fingerprint density at radius 3 is 2.65 bits per heavy atom. The lowest BCUT2D eigenvalue weighted by molar-refractivity contribution is -0.127. The van der Waals surface area contributed by atoms with E-state index in [1.807, 2.05) is 19.1 Å². The Bertz CT molecular complexity index is 443. The highest BCUT2D eigenvalue weighted by atomic mass is 16.5. The predicted molar refractivity (Wildman–Crippen MR) is 79.7 cm³/mol. The zero-order valence-electron chi connectivity index (χ0n) is 12.8. The monoisotopic (exact) mass is 279 g/mol. The third kappa shape index (κ3) is 5.21. The van der Waals surface area contributed by atoms with Crippen LogP contribution in [0.1, 0.15) is 38.3 Å². The van der Waals surface area contributed by atoms with Gasteiger partial charge in [-0.15, -0.1) is 0 Å². The summed E-state index contributed by atoms with van der Waals surface area (Å²) in [4.78, 5) is 11.9. The van der Waals surface area contributed by atoms with Gasteiger partial charge < -0.3 is 15.2 Å². The van der Waals surface area contributed by atoms with Gasteiger partial charge in [0, 0.05) is 12.1 Å². The van der Waals surface area contributed by atoms with Crippen molar-refractivity contribution >= 4 is 5.91 Å². The maximum Gasteiger partial charge on any atom is 0.260 e. The molecule has 20 heavy (non-hydrogen) atoms. The summed E-state index contributed by atoms with van der Waals surface area (Å²) in [5.41, 5.74) is 1.75. The number of benzene rings is 1. The molecule has 0 fully saturated rings. The van der Waals surface area contributed by atoms with Crippen LogP contribution in [-0.2, 0) is 11.4 Å². The molecule has 0 aromatic heterocycles. The van der Waals surface area contributed by atoms with Gasteiger partial charge in [-0.05, 0) is 32.3 Å². The summed E-state index contributed by atoms with van der Waals surface area (Å²) < 4.78 is 5.64. The average Bonchev–Trinajstić information content (AvgIpc) is 2.40. The molecule has 0 spiro atoms. The summed E-state index contributed by atoms with van der Waals surface area (Å²) in [6, 6.07) is 5.55. The lowest BCUT2D eigenvalue weighted by atomic mass is 10.1. The van der Waals surface area contributed by atoms with E-state index in [1.54, 1.807) is 13.0 Å². The van der Waals surface area contributed by atoms with Crippen LogP contribution in [-0.4, -0.2) is 23.7 Å². The van der Waals surface area contributed by atoms with Crippen LogP contribution < -0.4 is 10.1 Å². The fourth-order valence-electron chi connectivity index (χ4n) is 1.82. The number of hydrogen-bond acceptors (Lipinski definition) is 3. The van der Waals surface area contributed by atoms with Gasteiger partial charge in [0.25, 0.3) is 5.91 Å². The second-order valence-electron chi connectivity index (χ2n) is 5.50. The Morgan fingerprint density at radius 1 is 1.35 bits per heavy atom. The van der Waals surface area contributed by atoms with Gasteiger partial charge in [-0.25, -0.2) is 0 Å². The number of carbonyl (C=O) groups excluding carboxylic acids is 1. The number of hydrogen-bond donors (Lipinski definition) is 2. The maximum atomic E-state index is 11.9. The Balaban J connectivity index is 2.57. The number of nitrogens with one attached hydrogen (secondary N) is 1. The minimum atomic E-state index is -0.574. The first kappa shape index (κ1) is 16.5. The van der Waals surface area contributed by atoms with Crippen LogP contribution in [0.3, 0.4) is 0 Å².